The van der Waals surface area contributed by atoms with Crippen molar-refractivity contribution in [3.63, 3.8) is 0 Å². The lowest BCUT2D eigenvalue weighted by molar-refractivity contribution is -0.103. The average molecular weight is 444 g/mol. The molecule has 2 fully saturated rings. The zero-order valence-electron chi connectivity index (χ0n) is 17.2. The maximum atomic E-state index is 13.1. The van der Waals surface area contributed by atoms with Gasteiger partial charge in [-0.05, 0) is 32.8 Å². The minimum absolute atomic E-state index is 0.0947. The number of halogens is 1. The molecule has 1 saturated carbocycles. The smallest absolute Gasteiger partial charge is 0.344 e. The van der Waals surface area contributed by atoms with E-state index in [2.05, 4.69) is 10.3 Å². The molecule has 0 unspecified atom stereocenters. The summed E-state index contributed by atoms with van der Waals surface area (Å²) in [6, 6.07) is 7.22. The molecule has 0 atom stereocenters. The van der Waals surface area contributed by atoms with Crippen LogP contribution in [0.25, 0.3) is 22.6 Å². The molecule has 1 aliphatic heterocycles. The quantitative estimate of drug-likeness (QED) is 0.598. The Labute approximate surface area is 183 Å². The number of rotatable bonds is 5. The van der Waals surface area contributed by atoms with Crippen molar-refractivity contribution in [3.8, 4) is 22.6 Å². The molecule has 0 bridgehead atoms. The Kier molecular flexibility index (Phi) is 4.88. The van der Waals surface area contributed by atoms with Gasteiger partial charge in [0, 0.05) is 11.3 Å². The Morgan fingerprint density at radius 1 is 1.29 bits per heavy atom. The second kappa shape index (κ2) is 7.47. The number of carbonyl (C=O) groups excluding carboxylic acids is 1. The molecule has 1 aromatic carbocycles. The van der Waals surface area contributed by atoms with Gasteiger partial charge < -0.3 is 19.1 Å². The summed E-state index contributed by atoms with van der Waals surface area (Å²) in [5.41, 5.74) is 1.91. The van der Waals surface area contributed by atoms with Crippen molar-refractivity contribution in [2.24, 2.45) is 0 Å². The summed E-state index contributed by atoms with van der Waals surface area (Å²) >= 11 is 6.37. The fourth-order valence-electron chi connectivity index (χ4n) is 4.14. The summed E-state index contributed by atoms with van der Waals surface area (Å²) in [5.74, 6) is -0.256. The zero-order chi connectivity index (χ0) is 21.8. The van der Waals surface area contributed by atoms with Crippen molar-refractivity contribution in [3.05, 3.63) is 46.7 Å². The number of aromatic nitrogens is 3. The van der Waals surface area contributed by atoms with Gasteiger partial charge in [-0.3, -0.25) is 4.68 Å². The summed E-state index contributed by atoms with van der Waals surface area (Å²) in [7, 11) is 0. The highest BCUT2D eigenvalue weighted by Gasteiger charge is 2.41. The first-order chi connectivity index (χ1) is 14.8. The third-order valence-electron chi connectivity index (χ3n) is 5.89. The van der Waals surface area contributed by atoms with Crippen LogP contribution in [0.5, 0.6) is 0 Å². The van der Waals surface area contributed by atoms with Gasteiger partial charge in [-0.25, -0.2) is 4.79 Å². The van der Waals surface area contributed by atoms with Gasteiger partial charge in [-0.1, -0.05) is 35.0 Å². The highest BCUT2D eigenvalue weighted by atomic mass is 35.5. The number of nitrogens with zero attached hydrogens (tertiary/aromatic N) is 3. The maximum Gasteiger partial charge on any atom is 0.344 e. The van der Waals surface area contributed by atoms with Gasteiger partial charge in [0.05, 0.1) is 41.6 Å². The number of benzene rings is 1. The van der Waals surface area contributed by atoms with E-state index < -0.39 is 11.6 Å². The first kappa shape index (κ1) is 20.2. The highest BCUT2D eigenvalue weighted by molar-refractivity contribution is 6.33. The van der Waals surface area contributed by atoms with Gasteiger partial charge in [0.15, 0.2) is 5.76 Å². The van der Waals surface area contributed by atoms with Crippen molar-refractivity contribution < 1.29 is 23.9 Å². The van der Waals surface area contributed by atoms with Crippen LogP contribution in [-0.2, 0) is 9.47 Å². The molecule has 9 heteroatoms. The Hall–Kier alpha value is -2.68. The number of carbonyl (C=O) groups is 1. The van der Waals surface area contributed by atoms with Crippen LogP contribution >= 0.6 is 11.6 Å². The number of hydrogen-bond acceptors (Lipinski definition) is 7. The number of hydrogen-bond donors (Lipinski definition) is 1. The Balaban J connectivity index is 1.57. The van der Waals surface area contributed by atoms with Gasteiger partial charge >= 0.3 is 5.97 Å². The molecule has 2 aromatic heterocycles. The first-order valence-electron chi connectivity index (χ1n) is 10.1. The molecule has 8 nitrogen and oxygen atoms in total. The van der Waals surface area contributed by atoms with Gasteiger partial charge in [0.2, 0.25) is 0 Å². The molecule has 3 aromatic rings. The Morgan fingerprint density at radius 3 is 2.68 bits per heavy atom. The summed E-state index contributed by atoms with van der Waals surface area (Å²) < 4.78 is 18.2. The minimum Gasteiger partial charge on any atom is -0.454 e. The van der Waals surface area contributed by atoms with E-state index >= 15 is 0 Å². The summed E-state index contributed by atoms with van der Waals surface area (Å²) in [5, 5.41) is 19.2. The Morgan fingerprint density at radius 2 is 2.03 bits per heavy atom. The maximum absolute atomic E-state index is 13.1. The number of esters is 1. The molecule has 0 radical (unpaired) electrons. The predicted octanol–water partition coefficient (Wildman–Crippen LogP) is 3.81. The first-order valence-corrected chi connectivity index (χ1v) is 10.5. The molecule has 1 aliphatic carbocycles. The zero-order valence-corrected chi connectivity index (χ0v) is 17.9. The fourth-order valence-corrected chi connectivity index (χ4v) is 4.36. The molecule has 5 rings (SSSR count). The second-order valence-electron chi connectivity index (χ2n) is 8.43. The standard InChI is InChI=1S/C22H22ClN3O5/c1-12-16(9-24-26(12)13-7-22(2,28)8-13)20-18(21(27)30-14-10-29-11-14)19(25-31-20)15-5-3-4-6-17(15)23/h3-6,9,13-14,28H,7-8,10-11H2,1-2H3/t13-,22+. The molecule has 3 heterocycles. The van der Waals surface area contributed by atoms with Crippen LogP contribution in [0.2, 0.25) is 5.02 Å². The lowest BCUT2D eigenvalue weighted by atomic mass is 9.77. The van der Waals surface area contributed by atoms with Gasteiger partial charge in [0.25, 0.3) is 0 Å². The number of ether oxygens (including phenoxy) is 2. The van der Waals surface area contributed by atoms with Crippen molar-refractivity contribution in [2.75, 3.05) is 13.2 Å². The predicted molar refractivity (Wildman–Crippen MR) is 112 cm³/mol. The van der Waals surface area contributed by atoms with Crippen molar-refractivity contribution in [1.29, 1.82) is 0 Å². The van der Waals surface area contributed by atoms with Crippen LogP contribution in [0, 0.1) is 6.92 Å². The van der Waals surface area contributed by atoms with Crippen LogP contribution < -0.4 is 0 Å². The molecular weight excluding hydrogens is 422 g/mol. The van der Waals surface area contributed by atoms with E-state index in [9.17, 15) is 9.90 Å². The Bertz CT molecular complexity index is 1140. The summed E-state index contributed by atoms with van der Waals surface area (Å²) in [6.45, 7) is 4.45. The van der Waals surface area contributed by atoms with Crippen LogP contribution in [0.4, 0.5) is 0 Å². The van der Waals surface area contributed by atoms with Crippen LogP contribution in [0.1, 0.15) is 41.9 Å². The van der Waals surface area contributed by atoms with E-state index in [1.807, 2.05) is 24.6 Å². The van der Waals surface area contributed by atoms with E-state index in [0.717, 1.165) is 5.69 Å². The van der Waals surface area contributed by atoms with Gasteiger partial charge in [-0.15, -0.1) is 0 Å². The molecule has 0 spiro atoms. The van der Waals surface area contributed by atoms with Crippen LogP contribution in [0.15, 0.2) is 35.0 Å². The van der Waals surface area contributed by atoms with E-state index in [1.165, 1.54) is 0 Å². The minimum atomic E-state index is -0.674. The lowest BCUT2D eigenvalue weighted by Crippen LogP contribution is -2.42. The highest BCUT2D eigenvalue weighted by Crippen LogP contribution is 2.43. The molecule has 2 aliphatic rings. The van der Waals surface area contributed by atoms with Crippen molar-refractivity contribution >= 4 is 17.6 Å². The monoisotopic (exact) mass is 443 g/mol. The van der Waals surface area contributed by atoms with Crippen molar-refractivity contribution in [2.45, 2.75) is 44.4 Å². The molecule has 1 saturated heterocycles. The topological polar surface area (TPSA) is 99.6 Å². The van der Waals surface area contributed by atoms with E-state index in [0.29, 0.717) is 47.9 Å². The fraction of sp³-hybridized carbons (Fsp3) is 0.409. The summed E-state index contributed by atoms with van der Waals surface area (Å²) in [6.07, 6.45) is 2.60. The van der Waals surface area contributed by atoms with E-state index in [1.54, 1.807) is 24.4 Å². The van der Waals surface area contributed by atoms with Gasteiger partial charge in [-0.2, -0.15) is 5.10 Å². The molecule has 162 valence electrons. The van der Waals surface area contributed by atoms with Crippen molar-refractivity contribution in [1.82, 2.24) is 14.9 Å². The normalized spacial score (nSPS) is 23.3. The van der Waals surface area contributed by atoms with Crippen LogP contribution in [0.3, 0.4) is 0 Å². The second-order valence-corrected chi connectivity index (χ2v) is 8.83. The summed E-state index contributed by atoms with van der Waals surface area (Å²) in [4.78, 5) is 13.1. The van der Waals surface area contributed by atoms with E-state index in [-0.39, 0.29) is 23.5 Å². The SMILES string of the molecule is Cc1c(-c2onc(-c3ccccc3Cl)c2C(=O)OC2COC2)cnn1[C@H]1C[C@@](C)(O)C1. The molecule has 31 heavy (non-hydrogen) atoms. The van der Waals surface area contributed by atoms with Crippen LogP contribution in [-0.4, -0.2) is 50.9 Å². The number of aliphatic hydroxyl groups is 1. The lowest BCUT2D eigenvalue weighted by Gasteiger charge is -2.41. The molecular formula is C22H22ClN3O5. The largest absolute Gasteiger partial charge is 0.454 e. The third-order valence-corrected chi connectivity index (χ3v) is 6.22. The third kappa shape index (κ3) is 3.54. The molecule has 0 amide bonds. The van der Waals surface area contributed by atoms with E-state index in [4.69, 9.17) is 25.6 Å². The van der Waals surface area contributed by atoms with Gasteiger partial charge in [0.1, 0.15) is 17.4 Å². The molecule has 1 N–H and O–H groups in total. The average Bonchev–Trinajstić information content (AvgIpc) is 3.26.